The van der Waals surface area contributed by atoms with Crippen LogP contribution in [0.25, 0.3) is 11.1 Å². The molecular formula is C14H12Cl3N. The summed E-state index contributed by atoms with van der Waals surface area (Å²) in [6.07, 6.45) is 0. The molecule has 0 amide bonds. The van der Waals surface area contributed by atoms with Crippen LogP contribution in [-0.2, 0) is 6.54 Å². The van der Waals surface area contributed by atoms with Crippen LogP contribution in [0.2, 0.25) is 15.1 Å². The predicted octanol–water partition coefficient (Wildman–Crippen LogP) is 5.03. The van der Waals surface area contributed by atoms with Crippen LogP contribution in [-0.4, -0.2) is 7.05 Å². The smallest absolute Gasteiger partial charge is 0.0499 e. The average molecular weight is 301 g/mol. The van der Waals surface area contributed by atoms with Gasteiger partial charge in [-0.2, -0.15) is 0 Å². The van der Waals surface area contributed by atoms with Crippen LogP contribution in [0.15, 0.2) is 36.4 Å². The van der Waals surface area contributed by atoms with Gasteiger partial charge in [0.2, 0.25) is 0 Å². The van der Waals surface area contributed by atoms with Gasteiger partial charge in [-0.1, -0.05) is 53.0 Å². The van der Waals surface area contributed by atoms with Gasteiger partial charge in [-0.05, 0) is 30.8 Å². The summed E-state index contributed by atoms with van der Waals surface area (Å²) >= 11 is 18.4. The first-order valence-corrected chi connectivity index (χ1v) is 6.63. The highest BCUT2D eigenvalue weighted by atomic mass is 35.5. The molecule has 0 aliphatic heterocycles. The summed E-state index contributed by atoms with van der Waals surface area (Å²) in [5.74, 6) is 0. The van der Waals surface area contributed by atoms with Crippen LogP contribution in [0.5, 0.6) is 0 Å². The monoisotopic (exact) mass is 299 g/mol. The van der Waals surface area contributed by atoms with Crippen molar-refractivity contribution in [3.8, 4) is 11.1 Å². The van der Waals surface area contributed by atoms with Crippen molar-refractivity contribution < 1.29 is 0 Å². The van der Waals surface area contributed by atoms with Gasteiger partial charge in [-0.15, -0.1) is 0 Å². The van der Waals surface area contributed by atoms with Gasteiger partial charge in [0, 0.05) is 32.7 Å². The molecule has 0 bridgehead atoms. The van der Waals surface area contributed by atoms with Crippen LogP contribution in [0, 0.1) is 0 Å². The van der Waals surface area contributed by atoms with Crippen molar-refractivity contribution in [2.24, 2.45) is 0 Å². The molecule has 0 aliphatic rings. The Bertz CT molecular complexity index is 567. The first kappa shape index (κ1) is 13.7. The van der Waals surface area contributed by atoms with E-state index in [2.05, 4.69) is 5.32 Å². The second-order valence-corrected chi connectivity index (χ2v) is 5.22. The zero-order chi connectivity index (χ0) is 13.1. The minimum absolute atomic E-state index is 0.603. The third-order valence-electron chi connectivity index (χ3n) is 2.64. The maximum Gasteiger partial charge on any atom is 0.0499 e. The molecule has 0 radical (unpaired) electrons. The molecule has 18 heavy (non-hydrogen) atoms. The van der Waals surface area contributed by atoms with Gasteiger partial charge < -0.3 is 5.32 Å². The van der Waals surface area contributed by atoms with Gasteiger partial charge in [0.1, 0.15) is 0 Å². The van der Waals surface area contributed by atoms with Gasteiger partial charge in [-0.25, -0.2) is 0 Å². The third-order valence-corrected chi connectivity index (χ3v) is 3.50. The summed E-state index contributed by atoms with van der Waals surface area (Å²) in [5.41, 5.74) is 2.94. The number of nitrogens with one attached hydrogen (secondary N) is 1. The lowest BCUT2D eigenvalue weighted by Crippen LogP contribution is -2.04. The van der Waals surface area contributed by atoms with Crippen LogP contribution in [0.1, 0.15) is 5.56 Å². The Balaban J connectivity index is 2.44. The fourth-order valence-corrected chi connectivity index (χ4v) is 2.61. The van der Waals surface area contributed by atoms with Gasteiger partial charge in [0.15, 0.2) is 0 Å². The van der Waals surface area contributed by atoms with Gasteiger partial charge in [0.05, 0.1) is 0 Å². The molecule has 1 N–H and O–H groups in total. The summed E-state index contributed by atoms with van der Waals surface area (Å²) in [6.45, 7) is 0.786. The Kier molecular flexibility index (Phi) is 4.52. The SMILES string of the molecule is CNCc1ccc(-c2ccc(Cl)cc2Cl)c(Cl)c1. The molecule has 2 aromatic carbocycles. The molecule has 2 aromatic rings. The first-order chi connectivity index (χ1) is 8.61. The first-order valence-electron chi connectivity index (χ1n) is 5.50. The van der Waals surface area contributed by atoms with E-state index in [4.69, 9.17) is 34.8 Å². The molecule has 0 saturated heterocycles. The van der Waals surface area contributed by atoms with Crippen LogP contribution in [0.4, 0.5) is 0 Å². The molecule has 0 aromatic heterocycles. The number of rotatable bonds is 3. The van der Waals surface area contributed by atoms with E-state index in [1.807, 2.05) is 31.3 Å². The van der Waals surface area contributed by atoms with Crippen molar-refractivity contribution in [2.75, 3.05) is 7.05 Å². The third kappa shape index (κ3) is 2.99. The van der Waals surface area contributed by atoms with Gasteiger partial charge in [-0.3, -0.25) is 0 Å². The lowest BCUT2D eigenvalue weighted by atomic mass is 10.0. The molecule has 0 heterocycles. The molecule has 0 atom stereocenters. The maximum absolute atomic E-state index is 6.29. The highest BCUT2D eigenvalue weighted by Crippen LogP contribution is 2.35. The lowest BCUT2D eigenvalue weighted by molar-refractivity contribution is 0.818. The maximum atomic E-state index is 6.29. The topological polar surface area (TPSA) is 12.0 Å². The van der Waals surface area contributed by atoms with Crippen molar-refractivity contribution in [1.82, 2.24) is 5.32 Å². The van der Waals surface area contributed by atoms with Gasteiger partial charge >= 0.3 is 0 Å². The van der Waals surface area contributed by atoms with Gasteiger partial charge in [0.25, 0.3) is 0 Å². The summed E-state index contributed by atoms with van der Waals surface area (Å²) in [5, 5.41) is 4.99. The molecule has 94 valence electrons. The predicted molar refractivity (Wildman–Crippen MR) is 79.7 cm³/mol. The Hall–Kier alpha value is -0.730. The Morgan fingerprint density at radius 3 is 2.06 bits per heavy atom. The van der Waals surface area contributed by atoms with E-state index in [1.54, 1.807) is 12.1 Å². The molecule has 2 rings (SSSR count). The highest BCUT2D eigenvalue weighted by Gasteiger charge is 2.08. The summed E-state index contributed by atoms with van der Waals surface area (Å²) in [4.78, 5) is 0. The number of hydrogen-bond donors (Lipinski definition) is 1. The Morgan fingerprint density at radius 1 is 0.889 bits per heavy atom. The van der Waals surface area contributed by atoms with E-state index >= 15 is 0 Å². The molecule has 0 unspecified atom stereocenters. The minimum atomic E-state index is 0.603. The van der Waals surface area contributed by atoms with E-state index in [1.165, 1.54) is 0 Å². The van der Waals surface area contributed by atoms with Crippen LogP contribution >= 0.6 is 34.8 Å². The fraction of sp³-hybridized carbons (Fsp3) is 0.143. The van der Waals surface area contributed by atoms with Crippen molar-refractivity contribution in [2.45, 2.75) is 6.54 Å². The standard InChI is InChI=1S/C14H12Cl3N/c1-18-8-9-2-4-11(13(16)6-9)12-5-3-10(15)7-14(12)17/h2-7,18H,8H2,1H3. The zero-order valence-electron chi connectivity index (χ0n) is 9.81. The van der Waals surface area contributed by atoms with E-state index in [0.29, 0.717) is 15.1 Å². The molecule has 0 spiro atoms. The van der Waals surface area contributed by atoms with E-state index in [9.17, 15) is 0 Å². The lowest BCUT2D eigenvalue weighted by Gasteiger charge is -2.09. The van der Waals surface area contributed by atoms with Crippen LogP contribution in [0.3, 0.4) is 0 Å². The summed E-state index contributed by atoms with van der Waals surface area (Å²) < 4.78 is 0. The summed E-state index contributed by atoms with van der Waals surface area (Å²) in [6, 6.07) is 11.4. The molecule has 4 heteroatoms. The Labute approximate surface area is 122 Å². The van der Waals surface area contributed by atoms with E-state index in [-0.39, 0.29) is 0 Å². The molecule has 0 saturated carbocycles. The molecule has 0 fully saturated rings. The molecular weight excluding hydrogens is 289 g/mol. The number of hydrogen-bond acceptors (Lipinski definition) is 1. The zero-order valence-corrected chi connectivity index (χ0v) is 12.1. The Morgan fingerprint density at radius 2 is 1.50 bits per heavy atom. The van der Waals surface area contributed by atoms with Crippen molar-refractivity contribution in [3.05, 3.63) is 57.0 Å². The number of halogens is 3. The molecule has 1 nitrogen and oxygen atoms in total. The van der Waals surface area contributed by atoms with Crippen LogP contribution < -0.4 is 5.32 Å². The average Bonchev–Trinajstić information content (AvgIpc) is 2.31. The highest BCUT2D eigenvalue weighted by molar-refractivity contribution is 6.38. The van der Waals surface area contributed by atoms with Crippen molar-refractivity contribution in [3.63, 3.8) is 0 Å². The van der Waals surface area contributed by atoms with E-state index in [0.717, 1.165) is 23.2 Å². The van der Waals surface area contributed by atoms with E-state index < -0.39 is 0 Å². The second kappa shape index (κ2) is 5.94. The van der Waals surface area contributed by atoms with Crippen molar-refractivity contribution >= 4 is 34.8 Å². The van der Waals surface area contributed by atoms with Crippen molar-refractivity contribution in [1.29, 1.82) is 0 Å². The minimum Gasteiger partial charge on any atom is -0.316 e. The largest absolute Gasteiger partial charge is 0.316 e. The quantitative estimate of drug-likeness (QED) is 0.838. The second-order valence-electron chi connectivity index (χ2n) is 3.97. The number of benzene rings is 2. The summed E-state index contributed by atoms with van der Waals surface area (Å²) in [7, 11) is 1.90. The fourth-order valence-electron chi connectivity index (χ4n) is 1.80. The molecule has 0 aliphatic carbocycles. The normalized spacial score (nSPS) is 10.7.